The lowest BCUT2D eigenvalue weighted by atomic mass is 10.0. The van der Waals surface area contributed by atoms with Gasteiger partial charge in [0.25, 0.3) is 5.88 Å². The van der Waals surface area contributed by atoms with Crippen LogP contribution in [0.5, 0.6) is 5.88 Å². The van der Waals surface area contributed by atoms with Gasteiger partial charge in [0.05, 0.1) is 18.3 Å². The Bertz CT molecular complexity index is 643. The summed E-state index contributed by atoms with van der Waals surface area (Å²) in [6, 6.07) is 0. The van der Waals surface area contributed by atoms with Gasteiger partial charge in [-0.3, -0.25) is 0 Å². The summed E-state index contributed by atoms with van der Waals surface area (Å²) in [5, 5.41) is 14.8. The summed E-state index contributed by atoms with van der Waals surface area (Å²) in [6.45, 7) is 2.85. The van der Waals surface area contributed by atoms with Crippen molar-refractivity contribution < 1.29 is 24.5 Å². The normalized spacial score (nSPS) is 17.7. The number of carboxylic acid groups (broad SMARTS) is 2. The van der Waals surface area contributed by atoms with E-state index in [0.29, 0.717) is 0 Å². The van der Waals surface area contributed by atoms with Crippen LogP contribution in [0, 0.1) is 5.92 Å². The van der Waals surface area contributed by atoms with Gasteiger partial charge in [0.2, 0.25) is 0 Å². The smallest absolute Gasteiger partial charge is 0.414 e. The van der Waals surface area contributed by atoms with Crippen molar-refractivity contribution in [1.82, 2.24) is 13.6 Å². The highest BCUT2D eigenvalue weighted by Crippen LogP contribution is 2.29. The van der Waals surface area contributed by atoms with E-state index in [-0.39, 0.29) is 0 Å². The average molecular weight is 397 g/mol. The Hall–Kier alpha value is -2.00. The van der Waals surface area contributed by atoms with Crippen molar-refractivity contribution in [1.29, 1.82) is 0 Å². The lowest BCUT2D eigenvalue weighted by Gasteiger charge is -2.22. The van der Waals surface area contributed by atoms with Crippen molar-refractivity contribution in [2.24, 2.45) is 5.92 Å². The Morgan fingerprint density at radius 1 is 1.26 bits per heavy atom. The van der Waals surface area contributed by atoms with Gasteiger partial charge in [0, 0.05) is 13.1 Å². The van der Waals surface area contributed by atoms with E-state index in [1.807, 2.05) is 0 Å². The Morgan fingerprint density at radius 3 is 2.59 bits per heavy atom. The molecule has 1 aromatic rings. The maximum absolute atomic E-state index is 9.10. The van der Waals surface area contributed by atoms with Crippen molar-refractivity contribution in [3.05, 3.63) is 11.8 Å². The fourth-order valence-electron chi connectivity index (χ4n) is 3.38. The van der Waals surface area contributed by atoms with E-state index in [1.165, 1.54) is 49.4 Å². The van der Waals surface area contributed by atoms with E-state index >= 15 is 0 Å². The van der Waals surface area contributed by atoms with Crippen LogP contribution >= 0.6 is 11.7 Å². The highest BCUT2D eigenvalue weighted by Gasteiger charge is 2.19. The number of likely N-dealkylation sites (N-methyl/N-ethyl adjacent to an activating group) is 1. The second-order valence-corrected chi connectivity index (χ2v) is 7.45. The number of ether oxygens (including phenoxy) is 1. The van der Waals surface area contributed by atoms with Gasteiger partial charge >= 0.3 is 11.9 Å². The Balaban J connectivity index is 0.000000380. The number of hydrogen-bond acceptors (Lipinski definition) is 7. The van der Waals surface area contributed by atoms with Gasteiger partial charge < -0.3 is 19.8 Å². The monoisotopic (exact) mass is 397 g/mol. The van der Waals surface area contributed by atoms with E-state index in [0.717, 1.165) is 50.0 Å². The molecule has 0 unspecified atom stereocenters. The summed E-state index contributed by atoms with van der Waals surface area (Å²) in [7, 11) is 2.15. The molecule has 0 bridgehead atoms. The van der Waals surface area contributed by atoms with Crippen LogP contribution in [0.25, 0.3) is 5.57 Å². The van der Waals surface area contributed by atoms with Gasteiger partial charge in [-0.05, 0) is 37.8 Å². The van der Waals surface area contributed by atoms with Crippen LogP contribution in [0.3, 0.4) is 0 Å². The highest BCUT2D eigenvalue weighted by molar-refractivity contribution is 6.99. The predicted octanol–water partition coefficient (Wildman–Crippen LogP) is 2.76. The summed E-state index contributed by atoms with van der Waals surface area (Å²) >= 11 is 1.26. The largest absolute Gasteiger partial charge is 0.475 e. The van der Waals surface area contributed by atoms with Crippen LogP contribution in [-0.2, 0) is 9.59 Å². The molecule has 0 radical (unpaired) electrons. The van der Waals surface area contributed by atoms with Gasteiger partial charge in [-0.1, -0.05) is 31.8 Å². The molecule has 0 amide bonds. The molecule has 150 valence electrons. The first kappa shape index (κ1) is 21.3. The van der Waals surface area contributed by atoms with E-state index in [1.54, 1.807) is 0 Å². The molecule has 1 aliphatic heterocycles. The van der Waals surface area contributed by atoms with Crippen molar-refractivity contribution in [3.8, 4) is 5.88 Å². The lowest BCUT2D eigenvalue weighted by molar-refractivity contribution is -0.159. The van der Waals surface area contributed by atoms with E-state index in [2.05, 4.69) is 26.8 Å². The number of carbonyl (C=O) groups is 2. The van der Waals surface area contributed by atoms with Crippen molar-refractivity contribution in [2.45, 2.75) is 44.9 Å². The minimum atomic E-state index is -1.82. The van der Waals surface area contributed by atoms with Crippen molar-refractivity contribution in [2.75, 3.05) is 26.7 Å². The van der Waals surface area contributed by atoms with Gasteiger partial charge in [-0.25, -0.2) is 9.59 Å². The Labute approximate surface area is 163 Å². The van der Waals surface area contributed by atoms with E-state index in [9.17, 15) is 0 Å². The standard InChI is InChI=1S/C16H25N3OS.C2H2O4/c1-19-10-4-9-14(12-19)15-16(18-21-17-15)20-11-5-8-13-6-2-3-7-13;3-1(4)2(5)6/h9,13H,2-8,10-12H2,1H3;(H,3,4)(H,5,6). The predicted molar refractivity (Wildman–Crippen MR) is 102 cm³/mol. The molecule has 27 heavy (non-hydrogen) atoms. The fraction of sp³-hybridized carbons (Fsp3) is 0.667. The van der Waals surface area contributed by atoms with Crippen LogP contribution in [0.1, 0.15) is 50.6 Å². The second kappa shape index (κ2) is 11.0. The van der Waals surface area contributed by atoms with Crippen molar-refractivity contribution >= 4 is 29.2 Å². The van der Waals surface area contributed by atoms with E-state index in [4.69, 9.17) is 24.5 Å². The molecule has 2 heterocycles. The molecule has 9 heteroatoms. The third-order valence-electron chi connectivity index (χ3n) is 4.76. The fourth-order valence-corrected chi connectivity index (χ4v) is 3.91. The quantitative estimate of drug-likeness (QED) is 0.556. The minimum Gasteiger partial charge on any atom is -0.475 e. The molecular formula is C18H27N3O5S. The van der Waals surface area contributed by atoms with Crippen LogP contribution in [0.4, 0.5) is 0 Å². The molecule has 2 aliphatic rings. The zero-order chi connectivity index (χ0) is 19.6. The number of aromatic nitrogens is 2. The average Bonchev–Trinajstić information content (AvgIpc) is 3.31. The number of aliphatic carboxylic acids is 2. The topological polar surface area (TPSA) is 113 Å². The minimum absolute atomic E-state index is 0.743. The molecule has 0 spiro atoms. The summed E-state index contributed by atoms with van der Waals surface area (Å²) in [5.74, 6) is -1.96. The van der Waals surface area contributed by atoms with Gasteiger partial charge in [-0.15, -0.1) is 4.37 Å². The molecule has 0 atom stereocenters. The Morgan fingerprint density at radius 2 is 1.96 bits per heavy atom. The molecule has 1 aromatic heterocycles. The van der Waals surface area contributed by atoms with Gasteiger partial charge in [0.15, 0.2) is 0 Å². The zero-order valence-electron chi connectivity index (χ0n) is 15.6. The molecule has 0 aromatic carbocycles. The Kier molecular flexibility index (Phi) is 8.66. The molecule has 1 saturated carbocycles. The first-order valence-corrected chi connectivity index (χ1v) is 10.00. The van der Waals surface area contributed by atoms with Crippen molar-refractivity contribution in [3.63, 3.8) is 0 Å². The number of hydrogen-bond donors (Lipinski definition) is 2. The molecule has 2 N–H and O–H groups in total. The summed E-state index contributed by atoms with van der Waals surface area (Å²) in [5.41, 5.74) is 2.23. The first-order chi connectivity index (χ1) is 13.0. The summed E-state index contributed by atoms with van der Waals surface area (Å²) in [4.78, 5) is 20.5. The molecule has 3 rings (SSSR count). The maximum Gasteiger partial charge on any atom is 0.414 e. The van der Waals surface area contributed by atoms with Crippen LogP contribution in [0.2, 0.25) is 0 Å². The molecule has 8 nitrogen and oxygen atoms in total. The summed E-state index contributed by atoms with van der Waals surface area (Å²) < 4.78 is 14.7. The molecule has 0 saturated heterocycles. The van der Waals surface area contributed by atoms with Crippen LogP contribution < -0.4 is 4.74 Å². The number of nitrogens with zero attached hydrogens (tertiary/aromatic N) is 3. The van der Waals surface area contributed by atoms with Crippen LogP contribution in [0.15, 0.2) is 6.08 Å². The van der Waals surface area contributed by atoms with Gasteiger partial charge in [-0.2, -0.15) is 4.37 Å². The molecular weight excluding hydrogens is 370 g/mol. The van der Waals surface area contributed by atoms with Crippen LogP contribution in [-0.4, -0.2) is 62.5 Å². The number of rotatable bonds is 6. The van der Waals surface area contributed by atoms with Gasteiger partial charge in [0.1, 0.15) is 5.69 Å². The molecule has 1 fully saturated rings. The van der Waals surface area contributed by atoms with E-state index < -0.39 is 11.9 Å². The second-order valence-electron chi connectivity index (χ2n) is 6.93. The number of carboxylic acids is 2. The third kappa shape index (κ3) is 7.26. The summed E-state index contributed by atoms with van der Waals surface area (Å²) in [6.07, 6.45) is 11.5. The molecule has 1 aliphatic carbocycles. The zero-order valence-corrected chi connectivity index (χ0v) is 16.4. The lowest BCUT2D eigenvalue weighted by Crippen LogP contribution is -2.25. The highest BCUT2D eigenvalue weighted by atomic mass is 32.1. The SMILES string of the molecule is CN1CCC=C(c2nsnc2OCCCC2CCCC2)C1.O=C(O)C(=O)O. The third-order valence-corrected chi connectivity index (χ3v) is 5.27. The first-order valence-electron chi connectivity index (χ1n) is 9.27. The maximum atomic E-state index is 9.10.